The molecule has 0 radical (unpaired) electrons. The largest absolute Gasteiger partial charge is 0.748 e. The first-order valence-corrected chi connectivity index (χ1v) is 13.5. The highest BCUT2D eigenvalue weighted by molar-refractivity contribution is 7.84. The zero-order valence-electron chi connectivity index (χ0n) is 21.3. The molecule has 11 heteroatoms. The molecule has 1 aliphatic rings. The van der Waals surface area contributed by atoms with Crippen molar-refractivity contribution < 1.29 is 31.4 Å². The standard InChI is InChI=1S/C25H28FN4O2.CH4O3S/c1-29(20-13-16-30(2,3)17-14-20)25(31)24-27-15-12-23(28-24)18-4-8-21(9-5-18)32-22-10-6-19(26)7-11-22;1-5(2,3)4/h4-12,15,20H,13-14,16-17H2,1-3H3;1H3,(H,2,3,4)/q+1;/p-1. The molecule has 0 saturated carbocycles. The van der Waals surface area contributed by atoms with Crippen molar-refractivity contribution in [1.82, 2.24) is 14.9 Å². The van der Waals surface area contributed by atoms with E-state index in [0.717, 1.165) is 36.0 Å². The third kappa shape index (κ3) is 8.88. The highest BCUT2D eigenvalue weighted by Gasteiger charge is 2.31. The molecule has 0 bridgehead atoms. The minimum atomic E-state index is -3.92. The molecule has 1 aromatic heterocycles. The normalized spacial score (nSPS) is 15.3. The SMILES string of the molecule is CN(C(=O)c1nccc(-c2ccc(Oc3ccc(F)cc3)cc2)n1)C1CC[N+](C)(C)CC1.CS(=O)(=O)[O-]. The lowest BCUT2D eigenvalue weighted by molar-refractivity contribution is -0.895. The van der Waals surface area contributed by atoms with Gasteiger partial charge in [-0.05, 0) is 54.6 Å². The van der Waals surface area contributed by atoms with Gasteiger partial charge in [0, 0.05) is 43.9 Å². The third-order valence-corrected chi connectivity index (χ3v) is 6.05. The van der Waals surface area contributed by atoms with Crippen molar-refractivity contribution in [1.29, 1.82) is 0 Å². The highest BCUT2D eigenvalue weighted by Crippen LogP contribution is 2.25. The fourth-order valence-electron chi connectivity index (χ4n) is 3.92. The Kier molecular flexibility index (Phi) is 8.95. The number of benzene rings is 2. The van der Waals surface area contributed by atoms with E-state index in [1.165, 1.54) is 12.1 Å². The zero-order chi connectivity index (χ0) is 27.2. The van der Waals surface area contributed by atoms with Gasteiger partial charge in [0.05, 0.1) is 43.0 Å². The second-order valence-electron chi connectivity index (χ2n) is 9.58. The average molecular weight is 531 g/mol. The van der Waals surface area contributed by atoms with Gasteiger partial charge in [-0.2, -0.15) is 0 Å². The summed E-state index contributed by atoms with van der Waals surface area (Å²) < 4.78 is 47.0. The number of likely N-dealkylation sites (tertiary alicyclic amines) is 1. The van der Waals surface area contributed by atoms with Crippen molar-refractivity contribution in [3.8, 4) is 22.8 Å². The molecule has 4 rings (SSSR count). The molecule has 0 atom stereocenters. The number of hydrogen-bond donors (Lipinski definition) is 0. The topological polar surface area (TPSA) is 113 Å². The van der Waals surface area contributed by atoms with E-state index in [-0.39, 0.29) is 23.6 Å². The Balaban J connectivity index is 0.000000695. The van der Waals surface area contributed by atoms with Gasteiger partial charge in [-0.25, -0.2) is 22.8 Å². The van der Waals surface area contributed by atoms with E-state index in [2.05, 4.69) is 24.1 Å². The number of nitrogens with zero attached hydrogens (tertiary/aromatic N) is 4. The second-order valence-corrected chi connectivity index (χ2v) is 11.0. The summed E-state index contributed by atoms with van der Waals surface area (Å²) >= 11 is 0. The molecule has 37 heavy (non-hydrogen) atoms. The van der Waals surface area contributed by atoms with Gasteiger partial charge < -0.3 is 18.7 Å². The maximum absolute atomic E-state index is 13.0. The number of amides is 1. The van der Waals surface area contributed by atoms with Crippen LogP contribution in [0.5, 0.6) is 11.5 Å². The molecule has 2 aromatic carbocycles. The van der Waals surface area contributed by atoms with E-state index in [4.69, 9.17) is 17.7 Å². The van der Waals surface area contributed by atoms with Crippen LogP contribution in [0.15, 0.2) is 60.8 Å². The van der Waals surface area contributed by atoms with E-state index in [1.807, 2.05) is 31.3 Å². The monoisotopic (exact) mass is 530 g/mol. The molecule has 0 aliphatic carbocycles. The summed E-state index contributed by atoms with van der Waals surface area (Å²) in [7, 11) is 2.37. The van der Waals surface area contributed by atoms with Crippen LogP contribution >= 0.6 is 0 Å². The van der Waals surface area contributed by atoms with Crippen LogP contribution in [0.4, 0.5) is 4.39 Å². The molecule has 2 heterocycles. The molecule has 0 unspecified atom stereocenters. The van der Waals surface area contributed by atoms with Crippen LogP contribution in [0, 0.1) is 5.82 Å². The van der Waals surface area contributed by atoms with E-state index in [1.54, 1.807) is 29.3 Å². The van der Waals surface area contributed by atoms with E-state index in [0.29, 0.717) is 23.4 Å². The molecule has 198 valence electrons. The molecule has 0 spiro atoms. The van der Waals surface area contributed by atoms with Crippen molar-refractivity contribution in [3.63, 3.8) is 0 Å². The highest BCUT2D eigenvalue weighted by atomic mass is 32.2. The van der Waals surface area contributed by atoms with Crippen LogP contribution in [-0.4, -0.2) is 84.8 Å². The fraction of sp³-hybridized carbons (Fsp3) is 0.346. The first kappa shape index (κ1) is 28.2. The lowest BCUT2D eigenvalue weighted by atomic mass is 10.0. The van der Waals surface area contributed by atoms with Crippen molar-refractivity contribution in [2.75, 3.05) is 40.5 Å². The lowest BCUT2D eigenvalue weighted by Crippen LogP contribution is -2.52. The van der Waals surface area contributed by atoms with Crippen LogP contribution in [0.3, 0.4) is 0 Å². The van der Waals surface area contributed by atoms with Crippen molar-refractivity contribution in [2.45, 2.75) is 18.9 Å². The number of aromatic nitrogens is 2. The predicted octanol–water partition coefficient (Wildman–Crippen LogP) is 3.55. The van der Waals surface area contributed by atoms with Gasteiger partial charge >= 0.3 is 0 Å². The zero-order valence-corrected chi connectivity index (χ0v) is 22.1. The molecule has 1 saturated heterocycles. The van der Waals surface area contributed by atoms with Crippen LogP contribution in [0.25, 0.3) is 11.3 Å². The van der Waals surface area contributed by atoms with Crippen molar-refractivity contribution in [3.05, 3.63) is 72.4 Å². The van der Waals surface area contributed by atoms with E-state index >= 15 is 0 Å². The number of carbonyl (C=O) groups is 1. The van der Waals surface area contributed by atoms with Crippen molar-refractivity contribution in [2.24, 2.45) is 0 Å². The predicted molar refractivity (Wildman–Crippen MR) is 137 cm³/mol. The van der Waals surface area contributed by atoms with Crippen LogP contribution in [0.1, 0.15) is 23.5 Å². The Hall–Kier alpha value is -3.41. The van der Waals surface area contributed by atoms with E-state index in [9.17, 15) is 9.18 Å². The molecule has 9 nitrogen and oxygen atoms in total. The number of rotatable bonds is 5. The van der Waals surface area contributed by atoms with Crippen LogP contribution in [-0.2, 0) is 10.1 Å². The summed E-state index contributed by atoms with van der Waals surface area (Å²) in [6.45, 7) is 2.10. The molecule has 1 amide bonds. The Morgan fingerprint density at radius 2 is 1.54 bits per heavy atom. The summed E-state index contributed by atoms with van der Waals surface area (Å²) in [5, 5.41) is 0. The first-order chi connectivity index (χ1) is 17.3. The Morgan fingerprint density at radius 1 is 1.03 bits per heavy atom. The third-order valence-electron chi connectivity index (χ3n) is 6.05. The Morgan fingerprint density at radius 3 is 2.08 bits per heavy atom. The number of hydrogen-bond acceptors (Lipinski definition) is 7. The number of quaternary nitrogens is 1. The molecule has 0 N–H and O–H groups in total. The summed E-state index contributed by atoms with van der Waals surface area (Å²) in [5.74, 6) is 0.932. The van der Waals surface area contributed by atoms with Gasteiger partial charge in [-0.15, -0.1) is 0 Å². The first-order valence-electron chi connectivity index (χ1n) is 11.7. The van der Waals surface area contributed by atoms with Crippen LogP contribution in [0.2, 0.25) is 0 Å². The molecule has 1 aliphatic heterocycles. The number of piperidine rings is 1. The Labute approximate surface area is 216 Å². The molecule has 3 aromatic rings. The van der Waals surface area contributed by atoms with E-state index < -0.39 is 10.1 Å². The minimum absolute atomic E-state index is 0.152. The van der Waals surface area contributed by atoms with Gasteiger partial charge in [0.2, 0.25) is 5.82 Å². The molecule has 1 fully saturated rings. The fourth-order valence-corrected chi connectivity index (χ4v) is 3.92. The maximum atomic E-state index is 13.0. The summed E-state index contributed by atoms with van der Waals surface area (Å²) in [6, 6.07) is 15.2. The van der Waals surface area contributed by atoms with Crippen molar-refractivity contribution >= 4 is 16.0 Å². The second kappa shape index (κ2) is 11.8. The quantitative estimate of drug-likeness (QED) is 0.366. The maximum Gasteiger partial charge on any atom is 0.291 e. The van der Waals surface area contributed by atoms with Gasteiger partial charge in [0.1, 0.15) is 17.3 Å². The van der Waals surface area contributed by atoms with Gasteiger partial charge in [-0.3, -0.25) is 4.79 Å². The van der Waals surface area contributed by atoms with Gasteiger partial charge in [-0.1, -0.05) is 0 Å². The molecular formula is C26H31FN4O5S. The number of ether oxygens (including phenoxy) is 1. The van der Waals surface area contributed by atoms with Gasteiger partial charge in [0.25, 0.3) is 5.91 Å². The number of halogens is 1. The average Bonchev–Trinajstić information content (AvgIpc) is 2.84. The van der Waals surface area contributed by atoms with Crippen LogP contribution < -0.4 is 4.74 Å². The Bertz CT molecular complexity index is 1300. The summed E-state index contributed by atoms with van der Waals surface area (Å²) in [5.41, 5.74) is 1.53. The summed E-state index contributed by atoms with van der Waals surface area (Å²) in [6.07, 6.45) is 4.18. The number of carbonyl (C=O) groups excluding carboxylic acids is 1. The summed E-state index contributed by atoms with van der Waals surface area (Å²) in [4.78, 5) is 23.6. The van der Waals surface area contributed by atoms with Gasteiger partial charge in [0.15, 0.2) is 0 Å². The minimum Gasteiger partial charge on any atom is -0.748 e. The lowest BCUT2D eigenvalue weighted by Gasteiger charge is -2.40. The smallest absolute Gasteiger partial charge is 0.291 e. The molecular weight excluding hydrogens is 499 g/mol.